The number of amides is 3. The summed E-state index contributed by atoms with van der Waals surface area (Å²) in [4.78, 5) is 39.9. The fraction of sp³-hybridized carbons (Fsp3) is 0.450. The SMILES string of the molecule is CCOC(=O)N1CCN(C(=O)CN2NC(c3ccc(OC)cc3)=CCC2=O)CC1. The van der Waals surface area contributed by atoms with Crippen LogP contribution in [-0.2, 0) is 14.3 Å². The van der Waals surface area contributed by atoms with E-state index in [-0.39, 0.29) is 30.9 Å². The molecule has 0 radical (unpaired) electrons. The second-order valence-electron chi connectivity index (χ2n) is 6.71. The summed E-state index contributed by atoms with van der Waals surface area (Å²) in [7, 11) is 1.60. The van der Waals surface area contributed by atoms with Crippen LogP contribution in [0.1, 0.15) is 18.9 Å². The molecule has 2 heterocycles. The average Bonchev–Trinajstić information content (AvgIpc) is 2.75. The van der Waals surface area contributed by atoms with E-state index in [2.05, 4.69) is 5.43 Å². The molecule has 0 aromatic heterocycles. The van der Waals surface area contributed by atoms with E-state index in [4.69, 9.17) is 9.47 Å². The first-order valence-corrected chi connectivity index (χ1v) is 9.63. The maximum absolute atomic E-state index is 12.7. The van der Waals surface area contributed by atoms with Gasteiger partial charge in [0, 0.05) is 32.6 Å². The van der Waals surface area contributed by atoms with Crippen LogP contribution in [0.15, 0.2) is 30.3 Å². The summed E-state index contributed by atoms with van der Waals surface area (Å²) in [5.74, 6) is 0.418. The highest BCUT2D eigenvalue weighted by molar-refractivity contribution is 5.88. The molecule has 1 N–H and O–H groups in total. The van der Waals surface area contributed by atoms with Crippen LogP contribution in [0.2, 0.25) is 0 Å². The Balaban J connectivity index is 1.55. The van der Waals surface area contributed by atoms with Gasteiger partial charge in [-0.25, -0.2) is 9.80 Å². The lowest BCUT2D eigenvalue weighted by atomic mass is 10.1. The first kappa shape index (κ1) is 20.5. The molecule has 0 bridgehead atoms. The van der Waals surface area contributed by atoms with Crippen molar-refractivity contribution in [2.75, 3.05) is 46.4 Å². The summed E-state index contributed by atoms with van der Waals surface area (Å²) >= 11 is 0. The van der Waals surface area contributed by atoms with Crippen molar-refractivity contribution < 1.29 is 23.9 Å². The highest BCUT2D eigenvalue weighted by Crippen LogP contribution is 2.20. The third kappa shape index (κ3) is 4.98. The molecule has 0 saturated carbocycles. The molecular weight excluding hydrogens is 376 g/mol. The van der Waals surface area contributed by atoms with Gasteiger partial charge in [0.05, 0.1) is 19.4 Å². The zero-order chi connectivity index (χ0) is 20.8. The summed E-state index contributed by atoms with van der Waals surface area (Å²) in [5.41, 5.74) is 4.71. The number of ether oxygens (including phenoxy) is 2. The van der Waals surface area contributed by atoms with Crippen molar-refractivity contribution in [3.63, 3.8) is 0 Å². The summed E-state index contributed by atoms with van der Waals surface area (Å²) in [6, 6.07) is 7.46. The second-order valence-corrected chi connectivity index (χ2v) is 6.71. The zero-order valence-corrected chi connectivity index (χ0v) is 16.7. The van der Waals surface area contributed by atoms with Crippen LogP contribution in [0.3, 0.4) is 0 Å². The molecule has 156 valence electrons. The summed E-state index contributed by atoms with van der Waals surface area (Å²) < 4.78 is 10.2. The minimum Gasteiger partial charge on any atom is -0.497 e. The number of nitrogens with zero attached hydrogens (tertiary/aromatic N) is 3. The number of carbonyl (C=O) groups excluding carboxylic acids is 3. The Bertz CT molecular complexity index is 785. The molecule has 1 aromatic rings. The zero-order valence-electron chi connectivity index (χ0n) is 16.7. The van der Waals surface area contributed by atoms with Gasteiger partial charge in [-0.1, -0.05) is 0 Å². The normalized spacial score (nSPS) is 16.8. The molecular formula is C20H26N4O5. The summed E-state index contributed by atoms with van der Waals surface area (Å²) in [6.07, 6.45) is 1.67. The van der Waals surface area contributed by atoms with Gasteiger partial charge >= 0.3 is 6.09 Å². The number of hydrazine groups is 1. The van der Waals surface area contributed by atoms with E-state index in [0.29, 0.717) is 32.8 Å². The monoisotopic (exact) mass is 402 g/mol. The fourth-order valence-corrected chi connectivity index (χ4v) is 3.22. The minimum absolute atomic E-state index is 0.0638. The van der Waals surface area contributed by atoms with Gasteiger partial charge < -0.3 is 19.3 Å². The van der Waals surface area contributed by atoms with Crippen LogP contribution in [0.5, 0.6) is 5.75 Å². The van der Waals surface area contributed by atoms with Crippen LogP contribution >= 0.6 is 0 Å². The van der Waals surface area contributed by atoms with Gasteiger partial charge in [-0.05, 0) is 42.8 Å². The number of carbonyl (C=O) groups is 3. The van der Waals surface area contributed by atoms with Gasteiger partial charge in [-0.3, -0.25) is 15.0 Å². The van der Waals surface area contributed by atoms with Crippen LogP contribution in [-0.4, -0.2) is 79.2 Å². The Morgan fingerprint density at radius 3 is 2.34 bits per heavy atom. The Labute approximate surface area is 169 Å². The number of benzene rings is 1. The van der Waals surface area contributed by atoms with Crippen LogP contribution in [0.4, 0.5) is 4.79 Å². The molecule has 1 saturated heterocycles. The second kappa shape index (κ2) is 9.31. The minimum atomic E-state index is -0.359. The van der Waals surface area contributed by atoms with Crippen LogP contribution in [0, 0.1) is 0 Å². The third-order valence-electron chi connectivity index (χ3n) is 4.89. The average molecular weight is 402 g/mol. The smallest absolute Gasteiger partial charge is 0.409 e. The quantitative estimate of drug-likeness (QED) is 0.792. The Morgan fingerprint density at radius 2 is 1.72 bits per heavy atom. The van der Waals surface area contributed by atoms with Gasteiger partial charge in [0.1, 0.15) is 12.3 Å². The Kier molecular flexibility index (Phi) is 6.58. The van der Waals surface area contributed by atoms with Crippen molar-refractivity contribution in [1.29, 1.82) is 0 Å². The number of nitrogens with one attached hydrogen (secondary N) is 1. The number of piperazine rings is 1. The number of hydrogen-bond acceptors (Lipinski definition) is 6. The predicted molar refractivity (Wildman–Crippen MR) is 106 cm³/mol. The molecule has 1 aromatic carbocycles. The topological polar surface area (TPSA) is 91.4 Å². The van der Waals surface area contributed by atoms with Gasteiger partial charge in [0.25, 0.3) is 0 Å². The van der Waals surface area contributed by atoms with E-state index >= 15 is 0 Å². The van der Waals surface area contributed by atoms with Gasteiger partial charge in [-0.15, -0.1) is 0 Å². The molecule has 9 heteroatoms. The van der Waals surface area contributed by atoms with Crippen LogP contribution in [0.25, 0.3) is 5.70 Å². The molecule has 0 atom stereocenters. The standard InChI is InChI=1S/C20H26N4O5/c1-3-29-20(27)23-12-10-22(11-13-23)19(26)14-24-18(25)9-8-17(21-24)15-4-6-16(28-2)7-5-15/h4-8,21H,3,9-14H2,1-2H3. The van der Waals surface area contributed by atoms with E-state index < -0.39 is 0 Å². The molecule has 1 fully saturated rings. The molecule has 0 spiro atoms. The molecule has 2 aliphatic heterocycles. The summed E-state index contributed by atoms with van der Waals surface area (Å²) in [6.45, 7) is 3.69. The van der Waals surface area contributed by atoms with E-state index in [1.807, 2.05) is 30.3 Å². The highest BCUT2D eigenvalue weighted by atomic mass is 16.6. The number of hydrogen-bond donors (Lipinski definition) is 1. The molecule has 3 rings (SSSR count). The maximum atomic E-state index is 12.7. The number of rotatable bonds is 5. The van der Waals surface area contributed by atoms with Crippen molar-refractivity contribution >= 4 is 23.6 Å². The Morgan fingerprint density at radius 1 is 1.07 bits per heavy atom. The third-order valence-corrected chi connectivity index (χ3v) is 4.89. The summed E-state index contributed by atoms with van der Waals surface area (Å²) in [5, 5.41) is 1.35. The first-order valence-electron chi connectivity index (χ1n) is 9.63. The Hall–Kier alpha value is -3.23. The fourth-order valence-electron chi connectivity index (χ4n) is 3.22. The molecule has 0 aliphatic carbocycles. The van der Waals surface area contributed by atoms with E-state index in [1.165, 1.54) is 5.01 Å². The van der Waals surface area contributed by atoms with E-state index in [0.717, 1.165) is 17.0 Å². The molecule has 2 aliphatic rings. The number of methoxy groups -OCH3 is 1. The molecule has 0 unspecified atom stereocenters. The molecule has 29 heavy (non-hydrogen) atoms. The van der Waals surface area contributed by atoms with E-state index in [1.54, 1.807) is 23.8 Å². The lowest BCUT2D eigenvalue weighted by molar-refractivity contribution is -0.143. The molecule has 3 amide bonds. The largest absolute Gasteiger partial charge is 0.497 e. The predicted octanol–water partition coefficient (Wildman–Crippen LogP) is 1.07. The van der Waals surface area contributed by atoms with Gasteiger partial charge in [-0.2, -0.15) is 0 Å². The lowest BCUT2D eigenvalue weighted by Gasteiger charge is -2.36. The van der Waals surface area contributed by atoms with Crippen molar-refractivity contribution in [1.82, 2.24) is 20.2 Å². The first-order chi connectivity index (χ1) is 14.0. The van der Waals surface area contributed by atoms with Crippen molar-refractivity contribution in [2.45, 2.75) is 13.3 Å². The highest BCUT2D eigenvalue weighted by Gasteiger charge is 2.28. The van der Waals surface area contributed by atoms with E-state index in [9.17, 15) is 14.4 Å². The van der Waals surface area contributed by atoms with Crippen molar-refractivity contribution in [2.24, 2.45) is 0 Å². The van der Waals surface area contributed by atoms with Crippen molar-refractivity contribution in [3.8, 4) is 5.75 Å². The molecule has 9 nitrogen and oxygen atoms in total. The van der Waals surface area contributed by atoms with Crippen molar-refractivity contribution in [3.05, 3.63) is 35.9 Å². The van der Waals surface area contributed by atoms with Crippen LogP contribution < -0.4 is 10.2 Å². The van der Waals surface area contributed by atoms with Gasteiger partial charge in [0.15, 0.2) is 0 Å². The maximum Gasteiger partial charge on any atom is 0.409 e. The lowest BCUT2D eigenvalue weighted by Crippen LogP contribution is -2.55. The van der Waals surface area contributed by atoms with Gasteiger partial charge in [0.2, 0.25) is 11.8 Å².